The number of amides is 1. The van der Waals surface area contributed by atoms with Crippen LogP contribution in [0.2, 0.25) is 0 Å². The zero-order valence-electron chi connectivity index (χ0n) is 14.4. The number of hydrogen-bond acceptors (Lipinski definition) is 6. The molecule has 0 aliphatic carbocycles. The van der Waals surface area contributed by atoms with Crippen LogP contribution in [0.3, 0.4) is 0 Å². The zero-order chi connectivity index (χ0) is 17.7. The largest absolute Gasteiger partial charge is 0.373 e. The molecule has 0 bridgehead atoms. The molecule has 0 spiro atoms. The lowest BCUT2D eigenvalue weighted by molar-refractivity contribution is -0.385. The predicted molar refractivity (Wildman–Crippen MR) is 88.0 cm³/mol. The molecule has 1 amide bonds. The van der Waals surface area contributed by atoms with E-state index >= 15 is 0 Å². The van der Waals surface area contributed by atoms with E-state index in [4.69, 9.17) is 4.74 Å². The van der Waals surface area contributed by atoms with Crippen LogP contribution in [0.4, 0.5) is 5.69 Å². The monoisotopic (exact) mass is 339 g/mol. The van der Waals surface area contributed by atoms with Crippen LogP contribution < -0.4 is 5.32 Å². The van der Waals surface area contributed by atoms with Crippen molar-refractivity contribution in [1.29, 1.82) is 0 Å². The van der Waals surface area contributed by atoms with Gasteiger partial charge in [0.05, 0.1) is 17.1 Å². The highest BCUT2D eigenvalue weighted by atomic mass is 16.6. The maximum Gasteiger partial charge on any atom is 0.322 e. The number of aryl methyl sites for hydroxylation is 1. The highest BCUT2D eigenvalue weighted by Crippen LogP contribution is 2.22. The van der Waals surface area contributed by atoms with E-state index in [1.807, 2.05) is 20.8 Å². The molecule has 2 N–H and O–H groups in total. The first kappa shape index (κ1) is 18.3. The van der Waals surface area contributed by atoms with Crippen LogP contribution in [0, 0.1) is 10.1 Å². The lowest BCUT2D eigenvalue weighted by Gasteiger charge is -2.35. The first-order chi connectivity index (χ1) is 11.4. The molecule has 2 atom stereocenters. The van der Waals surface area contributed by atoms with E-state index in [1.165, 1.54) is 0 Å². The number of rotatable bonds is 7. The minimum Gasteiger partial charge on any atom is -0.373 e. The average Bonchev–Trinajstić information content (AvgIpc) is 2.90. The first-order valence-electron chi connectivity index (χ1n) is 8.30. The maximum absolute atomic E-state index is 12.2. The quantitative estimate of drug-likeness (QED) is 0.568. The second kappa shape index (κ2) is 8.20. The van der Waals surface area contributed by atoms with Gasteiger partial charge in [0, 0.05) is 26.2 Å². The van der Waals surface area contributed by atoms with Gasteiger partial charge in [-0.25, -0.2) is 0 Å². The van der Waals surface area contributed by atoms with Gasteiger partial charge in [0.1, 0.15) is 5.69 Å². The number of ether oxygens (including phenoxy) is 1. The Morgan fingerprint density at radius 1 is 1.46 bits per heavy atom. The van der Waals surface area contributed by atoms with Crippen LogP contribution in [0.25, 0.3) is 0 Å². The summed E-state index contributed by atoms with van der Waals surface area (Å²) < 4.78 is 5.66. The number of carbonyl (C=O) groups is 1. The number of aromatic amines is 1. The van der Waals surface area contributed by atoms with E-state index < -0.39 is 10.8 Å². The van der Waals surface area contributed by atoms with Crippen LogP contribution >= 0.6 is 0 Å². The summed E-state index contributed by atoms with van der Waals surface area (Å²) >= 11 is 0. The summed E-state index contributed by atoms with van der Waals surface area (Å²) in [4.78, 5) is 25.1. The van der Waals surface area contributed by atoms with Gasteiger partial charge in [0.2, 0.25) is 5.69 Å². The van der Waals surface area contributed by atoms with Gasteiger partial charge in [-0.2, -0.15) is 5.10 Å². The number of H-pyrrole nitrogens is 1. The highest BCUT2D eigenvalue weighted by molar-refractivity contribution is 5.96. The van der Waals surface area contributed by atoms with Crippen molar-refractivity contribution in [3.8, 4) is 0 Å². The van der Waals surface area contributed by atoms with Crippen molar-refractivity contribution in [2.75, 3.05) is 26.2 Å². The summed E-state index contributed by atoms with van der Waals surface area (Å²) in [5, 5.41) is 20.4. The van der Waals surface area contributed by atoms with Gasteiger partial charge >= 0.3 is 5.69 Å². The summed E-state index contributed by atoms with van der Waals surface area (Å²) in [5.41, 5.74) is 0.0265. The molecule has 0 aromatic carbocycles. The van der Waals surface area contributed by atoms with Gasteiger partial charge in [0.25, 0.3) is 5.91 Å². The van der Waals surface area contributed by atoms with Crippen molar-refractivity contribution in [2.24, 2.45) is 0 Å². The van der Waals surface area contributed by atoms with Crippen LogP contribution in [-0.2, 0) is 11.2 Å². The Morgan fingerprint density at radius 3 is 2.71 bits per heavy atom. The molecule has 0 radical (unpaired) electrons. The number of nitro groups is 1. The summed E-state index contributed by atoms with van der Waals surface area (Å²) in [6.45, 7) is 8.64. The van der Waals surface area contributed by atoms with E-state index in [0.29, 0.717) is 25.2 Å². The maximum atomic E-state index is 12.2. The Balaban J connectivity index is 1.92. The predicted octanol–water partition coefficient (Wildman–Crippen LogP) is 1.11. The summed E-state index contributed by atoms with van der Waals surface area (Å²) in [6, 6.07) is 0. The molecular formula is C15H25N5O4. The Kier molecular flexibility index (Phi) is 6.27. The van der Waals surface area contributed by atoms with Crippen molar-refractivity contribution in [2.45, 2.75) is 45.8 Å². The molecule has 9 nitrogen and oxygen atoms in total. The molecule has 2 rings (SSSR count). The van der Waals surface area contributed by atoms with Gasteiger partial charge in [0.15, 0.2) is 0 Å². The number of aromatic nitrogens is 2. The second-order valence-electron chi connectivity index (χ2n) is 6.18. The molecule has 2 heterocycles. The molecule has 9 heteroatoms. The van der Waals surface area contributed by atoms with E-state index in [9.17, 15) is 14.9 Å². The standard InChI is InChI=1S/C15H25N5O4/c1-4-5-12-14(20(22)23)13(18-17-12)15(21)16-6-7-19-8-10(2)24-11(3)9-19/h10-11H,4-9H2,1-3H3,(H,16,21)(H,17,18)/t10-,11-/m0/s1. The van der Waals surface area contributed by atoms with E-state index in [2.05, 4.69) is 20.4 Å². The number of hydrogen-bond donors (Lipinski definition) is 2. The van der Waals surface area contributed by atoms with Gasteiger partial charge in [-0.15, -0.1) is 0 Å². The topological polar surface area (TPSA) is 113 Å². The third kappa shape index (κ3) is 4.51. The second-order valence-corrected chi connectivity index (χ2v) is 6.18. The fourth-order valence-electron chi connectivity index (χ4n) is 3.03. The molecular weight excluding hydrogens is 314 g/mol. The SMILES string of the molecule is CCCc1[nH]nc(C(=O)NCCN2C[C@H](C)O[C@@H](C)C2)c1[N+](=O)[O-]. The molecule has 1 aliphatic heterocycles. The zero-order valence-corrected chi connectivity index (χ0v) is 14.4. The Hall–Kier alpha value is -2.00. The van der Waals surface area contributed by atoms with Crippen molar-refractivity contribution < 1.29 is 14.5 Å². The minimum absolute atomic E-state index is 0.146. The molecule has 1 aromatic heterocycles. The Morgan fingerprint density at radius 2 is 2.12 bits per heavy atom. The highest BCUT2D eigenvalue weighted by Gasteiger charge is 2.28. The fraction of sp³-hybridized carbons (Fsp3) is 0.733. The van der Waals surface area contributed by atoms with E-state index in [0.717, 1.165) is 19.5 Å². The smallest absolute Gasteiger partial charge is 0.322 e. The Labute approximate surface area is 140 Å². The molecule has 0 unspecified atom stereocenters. The molecule has 1 saturated heterocycles. The lowest BCUT2D eigenvalue weighted by atomic mass is 10.2. The van der Waals surface area contributed by atoms with Crippen LogP contribution in [0.5, 0.6) is 0 Å². The first-order valence-corrected chi connectivity index (χ1v) is 8.30. The fourth-order valence-corrected chi connectivity index (χ4v) is 3.03. The molecule has 1 aromatic rings. The van der Waals surface area contributed by atoms with Crippen LogP contribution in [0.15, 0.2) is 0 Å². The summed E-state index contributed by atoms with van der Waals surface area (Å²) in [7, 11) is 0. The molecule has 1 fully saturated rings. The lowest BCUT2D eigenvalue weighted by Crippen LogP contribution is -2.47. The van der Waals surface area contributed by atoms with E-state index in [-0.39, 0.29) is 23.6 Å². The van der Waals surface area contributed by atoms with Crippen molar-refractivity contribution >= 4 is 11.6 Å². The molecule has 24 heavy (non-hydrogen) atoms. The normalized spacial score (nSPS) is 21.6. The summed E-state index contributed by atoms with van der Waals surface area (Å²) in [6.07, 6.45) is 1.54. The summed E-state index contributed by atoms with van der Waals surface area (Å²) in [5.74, 6) is -0.519. The average molecular weight is 339 g/mol. The molecule has 134 valence electrons. The minimum atomic E-state index is -0.547. The number of carbonyl (C=O) groups excluding carboxylic acids is 1. The van der Waals surface area contributed by atoms with Crippen molar-refractivity contribution in [3.63, 3.8) is 0 Å². The van der Waals surface area contributed by atoms with Crippen molar-refractivity contribution in [3.05, 3.63) is 21.5 Å². The third-order valence-corrected chi connectivity index (χ3v) is 3.92. The third-order valence-electron chi connectivity index (χ3n) is 3.92. The van der Waals surface area contributed by atoms with Gasteiger partial charge in [-0.3, -0.25) is 24.9 Å². The van der Waals surface area contributed by atoms with Gasteiger partial charge < -0.3 is 10.1 Å². The van der Waals surface area contributed by atoms with Gasteiger partial charge in [-0.05, 0) is 20.3 Å². The number of nitrogens with zero attached hydrogens (tertiary/aromatic N) is 3. The molecule has 0 saturated carbocycles. The number of nitrogens with one attached hydrogen (secondary N) is 2. The van der Waals surface area contributed by atoms with Crippen LogP contribution in [-0.4, -0.2) is 64.3 Å². The number of morpholine rings is 1. The van der Waals surface area contributed by atoms with Crippen LogP contribution in [0.1, 0.15) is 43.4 Å². The van der Waals surface area contributed by atoms with Gasteiger partial charge in [-0.1, -0.05) is 13.3 Å². The van der Waals surface area contributed by atoms with Crippen molar-refractivity contribution in [1.82, 2.24) is 20.4 Å². The van der Waals surface area contributed by atoms with E-state index in [1.54, 1.807) is 0 Å². The molecule has 1 aliphatic rings. The Bertz CT molecular complexity index is 578.